The summed E-state index contributed by atoms with van der Waals surface area (Å²) in [5, 5.41) is 2.42. The minimum atomic E-state index is -2.09. The molecule has 31 heavy (non-hydrogen) atoms. The summed E-state index contributed by atoms with van der Waals surface area (Å²) in [4.78, 5) is 4.94. The zero-order valence-electron chi connectivity index (χ0n) is 20.1. The molecule has 6 rings (SSSR count). The monoisotopic (exact) mass is 421 g/mol. The van der Waals surface area contributed by atoms with Crippen molar-refractivity contribution in [2.75, 3.05) is 0 Å². The summed E-state index contributed by atoms with van der Waals surface area (Å²) >= 11 is 1.79. The van der Waals surface area contributed by atoms with Gasteiger partial charge in [0.2, 0.25) is 0 Å². The van der Waals surface area contributed by atoms with Crippen LogP contribution in [0.2, 0.25) is 0 Å². The van der Waals surface area contributed by atoms with Gasteiger partial charge in [-0.05, 0) is 67.4 Å². The molecule has 150 valence electrons. The molecule has 0 amide bonds. The number of hydrogen-bond donors (Lipinski definition) is 0. The first-order valence-electron chi connectivity index (χ1n) is 12.0. The molecule has 3 heteroatoms. The van der Waals surface area contributed by atoms with Gasteiger partial charge in [-0.15, -0.1) is 11.3 Å². The van der Waals surface area contributed by atoms with Crippen LogP contribution in [0.3, 0.4) is 0 Å². The summed E-state index contributed by atoms with van der Waals surface area (Å²) < 4.78 is 27.6. The Morgan fingerprint density at radius 2 is 1.48 bits per heavy atom. The fraction of sp³-hybridized carbons (Fsp3) is 0.107. The Morgan fingerprint density at radius 1 is 0.806 bits per heavy atom. The molecule has 0 saturated heterocycles. The van der Waals surface area contributed by atoms with Crippen LogP contribution in [0.15, 0.2) is 84.9 Å². The maximum atomic E-state index is 7.61. The van der Waals surface area contributed by atoms with Crippen molar-refractivity contribution in [3.63, 3.8) is 0 Å². The normalized spacial score (nSPS) is 13.5. The van der Waals surface area contributed by atoms with Crippen LogP contribution in [0, 0.1) is 6.85 Å². The number of imidazole rings is 1. The zero-order chi connectivity index (χ0) is 23.4. The zero-order valence-corrected chi connectivity index (χ0v) is 17.9. The second-order valence-electron chi connectivity index (χ2n) is 7.77. The van der Waals surface area contributed by atoms with E-state index in [9.17, 15) is 0 Å². The number of rotatable bonds is 3. The third-order valence-corrected chi connectivity index (χ3v) is 7.07. The number of aryl methyl sites for hydroxylation is 2. The third-order valence-electron chi connectivity index (χ3n) is 5.92. The first-order chi connectivity index (χ1) is 16.4. The molecule has 0 saturated carbocycles. The Hall–Kier alpha value is -3.43. The third kappa shape index (κ3) is 2.96. The van der Waals surface area contributed by atoms with E-state index in [2.05, 4.69) is 66.1 Å². The van der Waals surface area contributed by atoms with Crippen molar-refractivity contribution in [2.45, 2.75) is 20.3 Å². The fourth-order valence-electron chi connectivity index (χ4n) is 4.37. The second kappa shape index (κ2) is 7.07. The van der Waals surface area contributed by atoms with Gasteiger partial charge >= 0.3 is 0 Å². The number of thiophene rings is 1. The molecule has 2 heterocycles. The van der Waals surface area contributed by atoms with E-state index in [1.54, 1.807) is 23.5 Å². The molecule has 6 aromatic rings. The van der Waals surface area contributed by atoms with Crippen LogP contribution in [0.4, 0.5) is 0 Å². The van der Waals surface area contributed by atoms with Crippen LogP contribution in [0.1, 0.15) is 16.6 Å². The van der Waals surface area contributed by atoms with Crippen LogP contribution < -0.4 is 0 Å². The van der Waals surface area contributed by atoms with Gasteiger partial charge in [-0.3, -0.25) is 0 Å². The van der Waals surface area contributed by atoms with Gasteiger partial charge in [0.1, 0.15) is 5.82 Å². The molecule has 0 fully saturated rings. The molecule has 0 radical (unpaired) electrons. The van der Waals surface area contributed by atoms with E-state index in [1.807, 2.05) is 18.2 Å². The molecule has 0 bridgehead atoms. The smallest absolute Gasteiger partial charge is 0.141 e. The van der Waals surface area contributed by atoms with Gasteiger partial charge in [0.05, 0.1) is 11.0 Å². The van der Waals surface area contributed by atoms with Crippen molar-refractivity contribution in [3.05, 3.63) is 90.5 Å². The largest absolute Gasteiger partial charge is 0.324 e. The number of nitrogens with zero attached hydrogens (tertiary/aromatic N) is 2. The highest BCUT2D eigenvalue weighted by Crippen LogP contribution is 2.38. The molecular formula is C28H22N2S. The summed E-state index contributed by atoms with van der Waals surface area (Å²) in [6.07, 6.45) is 0. The predicted octanol–water partition coefficient (Wildman–Crippen LogP) is 8.07. The van der Waals surface area contributed by atoms with Gasteiger partial charge in [-0.1, -0.05) is 48.0 Å². The topological polar surface area (TPSA) is 17.8 Å². The molecule has 0 aliphatic rings. The Balaban J connectivity index is 1.49. The number of para-hydroxylation sites is 2. The lowest BCUT2D eigenvalue weighted by Crippen LogP contribution is -1.97. The molecule has 0 spiro atoms. The maximum absolute atomic E-state index is 7.61. The van der Waals surface area contributed by atoms with Gasteiger partial charge in [0.15, 0.2) is 0 Å². The standard InChI is InChI=1S/C28H22N2S/c1-3-30-25-7-5-4-6-24(25)29-28(30)21-13-15-27-23(17-21)22-16-20(12-14-26(22)31-27)19-10-8-18(2)9-11-19/h4-17H,3H2,1-2H3/i2D3. The highest BCUT2D eigenvalue weighted by Gasteiger charge is 2.14. The molecule has 2 aromatic heterocycles. The lowest BCUT2D eigenvalue weighted by Gasteiger charge is -2.07. The van der Waals surface area contributed by atoms with Gasteiger partial charge in [-0.2, -0.15) is 0 Å². The lowest BCUT2D eigenvalue weighted by molar-refractivity contribution is 0.796. The Labute approximate surface area is 189 Å². The highest BCUT2D eigenvalue weighted by molar-refractivity contribution is 7.25. The van der Waals surface area contributed by atoms with E-state index in [1.165, 1.54) is 20.2 Å². The molecule has 0 aliphatic heterocycles. The van der Waals surface area contributed by atoms with E-state index < -0.39 is 6.85 Å². The van der Waals surface area contributed by atoms with Crippen LogP contribution in [-0.2, 0) is 6.54 Å². The average molecular weight is 422 g/mol. The summed E-state index contributed by atoms with van der Waals surface area (Å²) in [6, 6.07) is 28.6. The van der Waals surface area contributed by atoms with Crippen molar-refractivity contribution in [2.24, 2.45) is 0 Å². The molecule has 4 aromatic carbocycles. The van der Waals surface area contributed by atoms with Crippen LogP contribution >= 0.6 is 11.3 Å². The summed E-state index contributed by atoms with van der Waals surface area (Å²) in [5.74, 6) is 0.987. The minimum absolute atomic E-state index is 0.363. The van der Waals surface area contributed by atoms with E-state index in [4.69, 9.17) is 9.10 Å². The Kier molecular flexibility index (Phi) is 3.51. The quantitative estimate of drug-likeness (QED) is 0.282. The van der Waals surface area contributed by atoms with Crippen LogP contribution in [0.5, 0.6) is 0 Å². The Morgan fingerprint density at radius 3 is 2.23 bits per heavy atom. The SMILES string of the molecule is [2H]C([2H])([2H])c1ccc(-c2ccc3sc4ccc(-c5nc6ccccc6n5CC)cc4c3c2)cc1. The predicted molar refractivity (Wildman–Crippen MR) is 134 cm³/mol. The van der Waals surface area contributed by atoms with Crippen molar-refractivity contribution in [1.82, 2.24) is 9.55 Å². The molecule has 0 unspecified atom stereocenters. The van der Waals surface area contributed by atoms with E-state index >= 15 is 0 Å². The summed E-state index contributed by atoms with van der Waals surface area (Å²) in [5.41, 5.74) is 5.73. The maximum Gasteiger partial charge on any atom is 0.141 e. The number of benzene rings is 4. The van der Waals surface area contributed by atoms with Gasteiger partial charge < -0.3 is 4.57 Å². The molecule has 0 atom stereocenters. The number of fused-ring (bicyclic) bond motifs is 4. The second-order valence-corrected chi connectivity index (χ2v) is 8.85. The van der Waals surface area contributed by atoms with Gasteiger partial charge in [-0.25, -0.2) is 4.98 Å². The number of hydrogen-bond acceptors (Lipinski definition) is 2. The van der Waals surface area contributed by atoms with Gasteiger partial charge in [0, 0.05) is 36.4 Å². The van der Waals surface area contributed by atoms with Crippen molar-refractivity contribution < 1.29 is 4.11 Å². The molecule has 2 nitrogen and oxygen atoms in total. The van der Waals surface area contributed by atoms with Crippen LogP contribution in [-0.4, -0.2) is 9.55 Å². The summed E-state index contributed by atoms with van der Waals surface area (Å²) in [6.45, 7) is 0.923. The van der Waals surface area contributed by atoms with Gasteiger partial charge in [0.25, 0.3) is 0 Å². The fourth-order valence-corrected chi connectivity index (χ4v) is 5.44. The highest BCUT2D eigenvalue weighted by atomic mass is 32.1. The lowest BCUT2D eigenvalue weighted by atomic mass is 10.0. The molecule has 0 N–H and O–H groups in total. The minimum Gasteiger partial charge on any atom is -0.324 e. The van der Waals surface area contributed by atoms with E-state index in [-0.39, 0.29) is 0 Å². The van der Waals surface area contributed by atoms with E-state index in [0.29, 0.717) is 5.56 Å². The van der Waals surface area contributed by atoms with Crippen LogP contribution in [0.25, 0.3) is 53.7 Å². The van der Waals surface area contributed by atoms with Crippen molar-refractivity contribution in [1.29, 1.82) is 0 Å². The molecular weight excluding hydrogens is 396 g/mol. The first kappa shape index (κ1) is 15.4. The molecule has 0 aliphatic carbocycles. The van der Waals surface area contributed by atoms with Crippen molar-refractivity contribution in [3.8, 4) is 22.5 Å². The first-order valence-corrected chi connectivity index (χ1v) is 11.3. The average Bonchev–Trinajstić information content (AvgIpc) is 3.40. The van der Waals surface area contributed by atoms with E-state index in [0.717, 1.165) is 40.1 Å². The summed E-state index contributed by atoms with van der Waals surface area (Å²) in [7, 11) is 0. The number of aromatic nitrogens is 2. The Bertz CT molecular complexity index is 1670. The van der Waals surface area contributed by atoms with Crippen molar-refractivity contribution >= 4 is 42.5 Å².